The molecule has 1 heterocycles. The van der Waals surface area contributed by atoms with E-state index in [1.807, 2.05) is 6.07 Å². The van der Waals surface area contributed by atoms with Gasteiger partial charge in [0.25, 0.3) is 0 Å². The largest absolute Gasteiger partial charge is 0.208 e. The summed E-state index contributed by atoms with van der Waals surface area (Å²) in [6.07, 6.45) is 0. The fraction of sp³-hybridized carbons (Fsp3) is 0.0161. The Kier molecular flexibility index (Phi) is 8.44. The zero-order valence-corrected chi connectivity index (χ0v) is 35.4. The summed E-state index contributed by atoms with van der Waals surface area (Å²) in [6.45, 7) is 0. The fourth-order valence-electron chi connectivity index (χ4n) is 10.7. The third kappa shape index (κ3) is 5.79. The number of nitrogens with zero attached hydrogens (tertiary/aromatic N) is 3. The minimum atomic E-state index is -0.385. The predicted octanol–water partition coefficient (Wildman–Crippen LogP) is 15.4. The van der Waals surface area contributed by atoms with E-state index >= 15 is 0 Å². The van der Waals surface area contributed by atoms with Crippen LogP contribution in [0.1, 0.15) is 22.3 Å². The molecule has 2 aliphatic carbocycles. The lowest BCUT2D eigenvalue weighted by Crippen LogP contribution is -2.25. The van der Waals surface area contributed by atoms with E-state index in [1.165, 1.54) is 50.1 Å². The van der Waals surface area contributed by atoms with Crippen molar-refractivity contribution in [2.75, 3.05) is 0 Å². The molecule has 0 amide bonds. The first kappa shape index (κ1) is 37.1. The van der Waals surface area contributed by atoms with Crippen LogP contribution in [0.5, 0.6) is 0 Å². The van der Waals surface area contributed by atoms with E-state index in [4.69, 9.17) is 15.0 Å². The van der Waals surface area contributed by atoms with Gasteiger partial charge in [-0.15, -0.1) is 0 Å². The third-order valence-electron chi connectivity index (χ3n) is 13.6. The second-order valence-electron chi connectivity index (χ2n) is 17.0. The van der Waals surface area contributed by atoms with E-state index in [9.17, 15) is 0 Å². The maximum atomic E-state index is 5.28. The van der Waals surface area contributed by atoms with Gasteiger partial charge in [-0.2, -0.15) is 0 Å². The molecule has 0 saturated heterocycles. The van der Waals surface area contributed by atoms with Crippen LogP contribution in [-0.2, 0) is 5.41 Å². The predicted molar refractivity (Wildman–Crippen MR) is 266 cm³/mol. The van der Waals surface area contributed by atoms with Crippen molar-refractivity contribution in [3.8, 4) is 89.8 Å². The van der Waals surface area contributed by atoms with Gasteiger partial charge in [0.05, 0.1) is 5.41 Å². The van der Waals surface area contributed by atoms with E-state index < -0.39 is 0 Å². The van der Waals surface area contributed by atoms with Gasteiger partial charge in [0, 0.05) is 16.7 Å². The maximum absolute atomic E-state index is 5.28. The average molecular weight is 826 g/mol. The SMILES string of the molecule is c1ccc(-c2ccc(-c3nc(-c4ccc(-c5ccc6c(c5)-c5ccccc5C65c6ccccc6-c6ccccc65)c(-c5ccccc5)c4)nc(-c4cccc5ccccc45)n3)cc2)cc1. The van der Waals surface area contributed by atoms with Crippen LogP contribution in [-0.4, -0.2) is 15.0 Å². The third-order valence-corrected chi connectivity index (χ3v) is 13.6. The smallest absolute Gasteiger partial charge is 0.164 e. The van der Waals surface area contributed by atoms with Crippen LogP contribution >= 0.6 is 0 Å². The van der Waals surface area contributed by atoms with Gasteiger partial charge in [-0.05, 0) is 101 Å². The first-order valence-corrected chi connectivity index (χ1v) is 22.3. The minimum absolute atomic E-state index is 0.385. The van der Waals surface area contributed by atoms with Gasteiger partial charge in [0.15, 0.2) is 17.5 Å². The molecule has 65 heavy (non-hydrogen) atoms. The fourth-order valence-corrected chi connectivity index (χ4v) is 10.7. The van der Waals surface area contributed by atoms with Crippen molar-refractivity contribution in [2.45, 2.75) is 5.41 Å². The quantitative estimate of drug-likeness (QED) is 0.168. The first-order chi connectivity index (χ1) is 32.2. The molecule has 2 aliphatic rings. The van der Waals surface area contributed by atoms with E-state index in [0.29, 0.717) is 17.5 Å². The molecule has 0 aliphatic heterocycles. The molecule has 0 saturated carbocycles. The number of fused-ring (bicyclic) bond motifs is 11. The van der Waals surface area contributed by atoms with Crippen molar-refractivity contribution in [3.05, 3.63) is 259 Å². The molecule has 0 radical (unpaired) electrons. The molecule has 0 bridgehead atoms. The molecule has 0 N–H and O–H groups in total. The molecule has 0 atom stereocenters. The van der Waals surface area contributed by atoms with Gasteiger partial charge in [-0.1, -0.05) is 224 Å². The number of aromatic nitrogens is 3. The summed E-state index contributed by atoms with van der Waals surface area (Å²) in [7, 11) is 0. The lowest BCUT2D eigenvalue weighted by atomic mass is 9.70. The van der Waals surface area contributed by atoms with Crippen LogP contribution in [0.3, 0.4) is 0 Å². The van der Waals surface area contributed by atoms with Crippen molar-refractivity contribution in [2.24, 2.45) is 0 Å². The topological polar surface area (TPSA) is 38.7 Å². The molecule has 0 unspecified atom stereocenters. The van der Waals surface area contributed by atoms with Gasteiger partial charge in [-0.3, -0.25) is 0 Å². The second kappa shape index (κ2) is 14.8. The summed E-state index contributed by atoms with van der Waals surface area (Å²) in [5, 5.41) is 2.24. The highest BCUT2D eigenvalue weighted by Gasteiger charge is 2.51. The van der Waals surface area contributed by atoms with Crippen molar-refractivity contribution in [1.29, 1.82) is 0 Å². The Hall–Kier alpha value is -8.53. The van der Waals surface area contributed by atoms with Crippen LogP contribution < -0.4 is 0 Å². The van der Waals surface area contributed by atoms with Crippen molar-refractivity contribution >= 4 is 10.8 Å². The van der Waals surface area contributed by atoms with E-state index in [2.05, 4.69) is 231 Å². The van der Waals surface area contributed by atoms with E-state index in [1.54, 1.807) is 0 Å². The summed E-state index contributed by atoms with van der Waals surface area (Å²) in [5.74, 6) is 1.89. The zero-order chi connectivity index (χ0) is 42.9. The maximum Gasteiger partial charge on any atom is 0.164 e. The Bertz CT molecular complexity index is 3600. The van der Waals surface area contributed by atoms with Gasteiger partial charge < -0.3 is 0 Å². The molecule has 0 fully saturated rings. The molecule has 10 aromatic carbocycles. The summed E-state index contributed by atoms with van der Waals surface area (Å²) in [5.41, 5.74) is 19.8. The Labute approximate surface area is 378 Å². The molecule has 11 aromatic rings. The molecule has 3 nitrogen and oxygen atoms in total. The Morgan fingerprint density at radius 2 is 0.677 bits per heavy atom. The number of hydrogen-bond donors (Lipinski definition) is 0. The number of rotatable bonds is 6. The van der Waals surface area contributed by atoms with Crippen molar-refractivity contribution < 1.29 is 0 Å². The van der Waals surface area contributed by atoms with Gasteiger partial charge in [-0.25, -0.2) is 15.0 Å². The Morgan fingerprint density at radius 3 is 1.37 bits per heavy atom. The van der Waals surface area contributed by atoms with Gasteiger partial charge >= 0.3 is 0 Å². The highest BCUT2D eigenvalue weighted by atomic mass is 15.0. The highest BCUT2D eigenvalue weighted by Crippen LogP contribution is 2.63. The molecule has 1 aromatic heterocycles. The zero-order valence-electron chi connectivity index (χ0n) is 35.4. The highest BCUT2D eigenvalue weighted by molar-refractivity contribution is 5.98. The molecule has 1 spiro atoms. The Balaban J connectivity index is 0.985. The van der Waals surface area contributed by atoms with Crippen molar-refractivity contribution in [1.82, 2.24) is 15.0 Å². The molecule has 302 valence electrons. The Morgan fingerprint density at radius 1 is 0.231 bits per heavy atom. The number of benzene rings is 10. The molecule has 13 rings (SSSR count). The monoisotopic (exact) mass is 825 g/mol. The summed E-state index contributed by atoms with van der Waals surface area (Å²) in [4.78, 5) is 15.7. The standard InChI is InChI=1S/C62H39N3/c1-3-16-40(17-4-1)41-30-32-44(33-31-41)59-63-60(65-61(64-59)52-26-15-21-42-20-7-8-22-47(42)52)46-34-36-48(53(39-46)43-18-5-2-6-19-43)45-35-37-58-54(38-45)51-25-11-14-29-57(51)62(58)55-27-12-9-23-49(55)50-24-10-13-28-56(50)62/h1-39H. The van der Waals surface area contributed by atoms with Gasteiger partial charge in [0.2, 0.25) is 0 Å². The summed E-state index contributed by atoms with van der Waals surface area (Å²) in [6, 6.07) is 85.2. The molecular formula is C62H39N3. The average Bonchev–Trinajstić information content (AvgIpc) is 3.86. The van der Waals surface area contributed by atoms with Crippen LogP contribution in [0, 0.1) is 0 Å². The molecular weight excluding hydrogens is 787 g/mol. The van der Waals surface area contributed by atoms with Crippen LogP contribution in [0.2, 0.25) is 0 Å². The normalized spacial score (nSPS) is 12.7. The molecule has 3 heteroatoms. The summed E-state index contributed by atoms with van der Waals surface area (Å²) >= 11 is 0. The van der Waals surface area contributed by atoms with Crippen LogP contribution in [0.4, 0.5) is 0 Å². The van der Waals surface area contributed by atoms with E-state index in [0.717, 1.165) is 55.3 Å². The van der Waals surface area contributed by atoms with Gasteiger partial charge in [0.1, 0.15) is 0 Å². The number of hydrogen-bond acceptors (Lipinski definition) is 3. The van der Waals surface area contributed by atoms with Crippen LogP contribution in [0.15, 0.2) is 237 Å². The lowest BCUT2D eigenvalue weighted by Gasteiger charge is -2.30. The minimum Gasteiger partial charge on any atom is -0.208 e. The van der Waals surface area contributed by atoms with Crippen LogP contribution in [0.25, 0.3) is 101 Å². The lowest BCUT2D eigenvalue weighted by molar-refractivity contribution is 0.794. The summed E-state index contributed by atoms with van der Waals surface area (Å²) < 4.78 is 0. The van der Waals surface area contributed by atoms with Crippen molar-refractivity contribution in [3.63, 3.8) is 0 Å². The van der Waals surface area contributed by atoms with E-state index in [-0.39, 0.29) is 5.41 Å². The first-order valence-electron chi connectivity index (χ1n) is 22.3. The second-order valence-corrected chi connectivity index (χ2v) is 17.0.